The van der Waals surface area contributed by atoms with Gasteiger partial charge in [0.2, 0.25) is 0 Å². The number of nitrogen functional groups attached to an aromatic ring is 1. The average Bonchev–Trinajstić information content (AvgIpc) is 2.26. The maximum Gasteiger partial charge on any atom is 0.253 e. The Labute approximate surface area is 115 Å². The monoisotopic (exact) mass is 268 g/mol. The van der Waals surface area contributed by atoms with Crippen LogP contribution in [0, 0.1) is 5.41 Å². The Kier molecular flexibility index (Phi) is 4.63. The van der Waals surface area contributed by atoms with Gasteiger partial charge in [0.05, 0.1) is 0 Å². The van der Waals surface area contributed by atoms with Crippen molar-refractivity contribution in [1.82, 2.24) is 4.90 Å². The Morgan fingerprint density at radius 1 is 1.39 bits per heavy atom. The molecule has 100 valence electrons. The van der Waals surface area contributed by atoms with Crippen molar-refractivity contribution >= 4 is 24.0 Å². The number of likely N-dealkylation sites (tertiary alicyclic amines) is 1. The summed E-state index contributed by atoms with van der Waals surface area (Å²) < 4.78 is 0. The number of hydrogen-bond acceptors (Lipinski definition) is 2. The predicted molar refractivity (Wildman–Crippen MR) is 77.0 cm³/mol. The Hall–Kier alpha value is -1.22. The second-order valence-electron chi connectivity index (χ2n) is 5.62. The first kappa shape index (κ1) is 14.8. The van der Waals surface area contributed by atoms with Crippen LogP contribution in [0.5, 0.6) is 0 Å². The summed E-state index contributed by atoms with van der Waals surface area (Å²) in [7, 11) is 0. The number of nitrogens with two attached hydrogens (primary N) is 1. The van der Waals surface area contributed by atoms with E-state index >= 15 is 0 Å². The SMILES string of the molecule is CC1(C)CCCN(C(=O)c2cccc(N)c2)C1.Cl. The van der Waals surface area contributed by atoms with Gasteiger partial charge in [-0.05, 0) is 36.5 Å². The lowest BCUT2D eigenvalue weighted by molar-refractivity contribution is 0.0583. The van der Waals surface area contributed by atoms with Crippen LogP contribution < -0.4 is 5.73 Å². The van der Waals surface area contributed by atoms with Crippen LogP contribution >= 0.6 is 12.4 Å². The molecule has 1 fully saturated rings. The normalized spacial score (nSPS) is 18.0. The number of anilines is 1. The maximum atomic E-state index is 12.3. The van der Waals surface area contributed by atoms with Gasteiger partial charge in [-0.25, -0.2) is 0 Å². The highest BCUT2D eigenvalue weighted by molar-refractivity contribution is 5.95. The van der Waals surface area contributed by atoms with Crippen LogP contribution in [0.3, 0.4) is 0 Å². The van der Waals surface area contributed by atoms with E-state index in [2.05, 4.69) is 13.8 Å². The van der Waals surface area contributed by atoms with Crippen molar-refractivity contribution in [2.45, 2.75) is 26.7 Å². The van der Waals surface area contributed by atoms with Crippen LogP contribution in [0.25, 0.3) is 0 Å². The lowest BCUT2D eigenvalue weighted by atomic mass is 9.84. The van der Waals surface area contributed by atoms with E-state index in [0.717, 1.165) is 19.5 Å². The topological polar surface area (TPSA) is 46.3 Å². The second-order valence-corrected chi connectivity index (χ2v) is 5.62. The Bertz CT molecular complexity index is 432. The number of carbonyl (C=O) groups excluding carboxylic acids is 1. The number of benzene rings is 1. The number of nitrogens with zero attached hydrogens (tertiary/aromatic N) is 1. The lowest BCUT2D eigenvalue weighted by Gasteiger charge is -2.38. The zero-order valence-electron chi connectivity index (χ0n) is 11.0. The van der Waals surface area contributed by atoms with Gasteiger partial charge in [-0.1, -0.05) is 19.9 Å². The molecular weight excluding hydrogens is 248 g/mol. The van der Waals surface area contributed by atoms with Gasteiger partial charge < -0.3 is 10.6 Å². The molecule has 4 heteroatoms. The first-order chi connectivity index (χ1) is 7.98. The zero-order chi connectivity index (χ0) is 12.5. The van der Waals surface area contributed by atoms with Crippen molar-refractivity contribution in [2.24, 2.45) is 5.41 Å². The van der Waals surface area contributed by atoms with Crippen LogP contribution in [0.15, 0.2) is 24.3 Å². The van der Waals surface area contributed by atoms with Gasteiger partial charge in [0.15, 0.2) is 0 Å². The summed E-state index contributed by atoms with van der Waals surface area (Å²) in [5.41, 5.74) is 7.28. The molecule has 0 radical (unpaired) electrons. The number of carbonyl (C=O) groups is 1. The maximum absolute atomic E-state index is 12.3. The molecule has 0 aliphatic carbocycles. The summed E-state index contributed by atoms with van der Waals surface area (Å²) in [5, 5.41) is 0. The summed E-state index contributed by atoms with van der Waals surface area (Å²) in [6, 6.07) is 7.22. The van der Waals surface area contributed by atoms with Gasteiger partial charge in [-0.2, -0.15) is 0 Å². The number of halogens is 1. The van der Waals surface area contributed by atoms with Gasteiger partial charge in [-0.3, -0.25) is 4.79 Å². The number of piperidine rings is 1. The van der Waals surface area contributed by atoms with E-state index < -0.39 is 0 Å². The van der Waals surface area contributed by atoms with Crippen LogP contribution in [-0.4, -0.2) is 23.9 Å². The quantitative estimate of drug-likeness (QED) is 0.796. The first-order valence-corrected chi connectivity index (χ1v) is 6.13. The van der Waals surface area contributed by atoms with Crippen LogP contribution in [0.4, 0.5) is 5.69 Å². The number of amides is 1. The molecule has 2 N–H and O–H groups in total. The Morgan fingerprint density at radius 3 is 2.72 bits per heavy atom. The molecule has 2 rings (SSSR count). The van der Waals surface area contributed by atoms with Crippen molar-refractivity contribution < 1.29 is 4.79 Å². The fourth-order valence-electron chi connectivity index (χ4n) is 2.45. The molecule has 1 aliphatic rings. The third-order valence-corrected chi connectivity index (χ3v) is 3.32. The average molecular weight is 269 g/mol. The summed E-state index contributed by atoms with van der Waals surface area (Å²) in [5.74, 6) is 0.102. The highest BCUT2D eigenvalue weighted by Crippen LogP contribution is 2.29. The number of hydrogen-bond donors (Lipinski definition) is 1. The minimum atomic E-state index is 0. The van der Waals surface area contributed by atoms with E-state index in [-0.39, 0.29) is 23.7 Å². The van der Waals surface area contributed by atoms with E-state index in [1.165, 1.54) is 6.42 Å². The molecule has 3 nitrogen and oxygen atoms in total. The molecule has 1 amide bonds. The standard InChI is InChI=1S/C14H20N2O.ClH/c1-14(2)7-4-8-16(10-14)13(17)11-5-3-6-12(15)9-11;/h3,5-6,9H,4,7-8,10,15H2,1-2H3;1H. The fourth-order valence-corrected chi connectivity index (χ4v) is 2.45. The van der Waals surface area contributed by atoms with Crippen molar-refractivity contribution in [2.75, 3.05) is 18.8 Å². The minimum absolute atomic E-state index is 0. The van der Waals surface area contributed by atoms with Crippen LogP contribution in [-0.2, 0) is 0 Å². The molecule has 0 bridgehead atoms. The first-order valence-electron chi connectivity index (χ1n) is 6.13. The van der Waals surface area contributed by atoms with Crippen LogP contribution in [0.2, 0.25) is 0 Å². The smallest absolute Gasteiger partial charge is 0.253 e. The summed E-state index contributed by atoms with van der Waals surface area (Å²) in [6.45, 7) is 6.12. The van der Waals surface area contributed by atoms with Gasteiger partial charge in [0, 0.05) is 24.3 Å². The third-order valence-electron chi connectivity index (χ3n) is 3.32. The highest BCUT2D eigenvalue weighted by Gasteiger charge is 2.29. The summed E-state index contributed by atoms with van der Waals surface area (Å²) >= 11 is 0. The molecule has 0 spiro atoms. The molecule has 1 aromatic carbocycles. The molecular formula is C14H21ClN2O. The Morgan fingerprint density at radius 2 is 2.11 bits per heavy atom. The molecule has 18 heavy (non-hydrogen) atoms. The van der Waals surface area contributed by atoms with Crippen molar-refractivity contribution in [1.29, 1.82) is 0 Å². The Balaban J connectivity index is 0.00000162. The van der Waals surface area contributed by atoms with Gasteiger partial charge in [0.1, 0.15) is 0 Å². The molecule has 0 saturated carbocycles. The van der Waals surface area contributed by atoms with Crippen molar-refractivity contribution in [3.63, 3.8) is 0 Å². The molecule has 0 atom stereocenters. The largest absolute Gasteiger partial charge is 0.399 e. The zero-order valence-corrected chi connectivity index (χ0v) is 11.8. The number of rotatable bonds is 1. The van der Waals surface area contributed by atoms with Gasteiger partial charge in [-0.15, -0.1) is 12.4 Å². The second kappa shape index (κ2) is 5.61. The molecule has 0 aromatic heterocycles. The fraction of sp³-hybridized carbons (Fsp3) is 0.500. The molecule has 1 saturated heterocycles. The van der Waals surface area contributed by atoms with E-state index in [9.17, 15) is 4.79 Å². The summed E-state index contributed by atoms with van der Waals surface area (Å²) in [6.07, 6.45) is 2.27. The van der Waals surface area contributed by atoms with Crippen molar-refractivity contribution in [3.05, 3.63) is 29.8 Å². The molecule has 1 aliphatic heterocycles. The summed E-state index contributed by atoms with van der Waals surface area (Å²) in [4.78, 5) is 14.3. The van der Waals surface area contributed by atoms with Gasteiger partial charge in [0.25, 0.3) is 5.91 Å². The van der Waals surface area contributed by atoms with E-state index in [1.807, 2.05) is 17.0 Å². The minimum Gasteiger partial charge on any atom is -0.399 e. The van der Waals surface area contributed by atoms with E-state index in [0.29, 0.717) is 11.3 Å². The van der Waals surface area contributed by atoms with Crippen LogP contribution in [0.1, 0.15) is 37.0 Å². The van der Waals surface area contributed by atoms with E-state index in [4.69, 9.17) is 5.73 Å². The lowest BCUT2D eigenvalue weighted by Crippen LogP contribution is -2.43. The van der Waals surface area contributed by atoms with Gasteiger partial charge >= 0.3 is 0 Å². The molecule has 0 unspecified atom stereocenters. The molecule has 1 heterocycles. The predicted octanol–water partition coefficient (Wildman–Crippen LogP) is 2.95. The third kappa shape index (κ3) is 3.39. The van der Waals surface area contributed by atoms with Crippen molar-refractivity contribution in [3.8, 4) is 0 Å². The molecule has 1 aromatic rings. The highest BCUT2D eigenvalue weighted by atomic mass is 35.5. The van der Waals surface area contributed by atoms with E-state index in [1.54, 1.807) is 12.1 Å².